The number of anilines is 1. The van der Waals surface area contributed by atoms with Crippen molar-refractivity contribution in [2.75, 3.05) is 18.4 Å². The van der Waals surface area contributed by atoms with Crippen molar-refractivity contribution in [1.82, 2.24) is 20.1 Å². The molecule has 3 heterocycles. The Morgan fingerprint density at radius 1 is 1.35 bits per heavy atom. The first-order chi connectivity index (χ1) is 12.7. The Labute approximate surface area is 156 Å². The molecule has 0 aliphatic carbocycles. The summed E-state index contributed by atoms with van der Waals surface area (Å²) < 4.78 is 1.93. The Hall–Kier alpha value is -2.51. The van der Waals surface area contributed by atoms with E-state index in [-0.39, 0.29) is 5.91 Å². The maximum absolute atomic E-state index is 12.9. The van der Waals surface area contributed by atoms with Gasteiger partial charge in [-0.3, -0.25) is 10.1 Å². The van der Waals surface area contributed by atoms with E-state index < -0.39 is 0 Å². The van der Waals surface area contributed by atoms with Crippen LogP contribution in [0.3, 0.4) is 0 Å². The van der Waals surface area contributed by atoms with Gasteiger partial charge in [-0.25, -0.2) is 9.67 Å². The number of aryl methyl sites for hydroxylation is 1. The molecule has 3 aromatic rings. The Morgan fingerprint density at radius 3 is 2.92 bits per heavy atom. The third-order valence-electron chi connectivity index (χ3n) is 4.68. The molecule has 1 amide bonds. The molecule has 6 nitrogen and oxygen atoms in total. The fourth-order valence-electron chi connectivity index (χ4n) is 3.44. The lowest BCUT2D eigenvalue weighted by molar-refractivity contribution is 0.102. The number of thiazole rings is 1. The molecular weight excluding hydrogens is 346 g/mol. The SMILES string of the molecule is Cc1cccc(-n2ncc(C(=O)Nc3nccs3)c2C2CCNCC2)c1. The molecular formula is C19H21N5OS. The average Bonchev–Trinajstić information content (AvgIpc) is 3.32. The molecule has 0 saturated carbocycles. The first-order valence-corrected chi connectivity index (χ1v) is 9.67. The van der Waals surface area contributed by atoms with Crippen molar-refractivity contribution in [1.29, 1.82) is 0 Å². The smallest absolute Gasteiger partial charge is 0.260 e. The molecule has 7 heteroatoms. The van der Waals surface area contributed by atoms with Crippen LogP contribution in [0.4, 0.5) is 5.13 Å². The molecule has 0 spiro atoms. The van der Waals surface area contributed by atoms with Crippen molar-refractivity contribution >= 4 is 22.4 Å². The van der Waals surface area contributed by atoms with Crippen LogP contribution in [0.25, 0.3) is 5.69 Å². The second kappa shape index (κ2) is 7.39. The fourth-order valence-corrected chi connectivity index (χ4v) is 3.96. The third kappa shape index (κ3) is 3.40. The molecule has 26 heavy (non-hydrogen) atoms. The van der Waals surface area contributed by atoms with Crippen LogP contribution in [0.2, 0.25) is 0 Å². The van der Waals surface area contributed by atoms with Crippen molar-refractivity contribution in [2.45, 2.75) is 25.7 Å². The second-order valence-electron chi connectivity index (χ2n) is 6.51. The zero-order valence-corrected chi connectivity index (χ0v) is 15.4. The number of aromatic nitrogens is 3. The van der Waals surface area contributed by atoms with Gasteiger partial charge in [-0.15, -0.1) is 11.3 Å². The largest absolute Gasteiger partial charge is 0.317 e. The molecule has 2 N–H and O–H groups in total. The van der Waals surface area contributed by atoms with E-state index in [0.717, 1.165) is 37.3 Å². The van der Waals surface area contributed by atoms with Crippen molar-refractivity contribution in [3.8, 4) is 5.69 Å². The maximum atomic E-state index is 12.9. The van der Waals surface area contributed by atoms with E-state index >= 15 is 0 Å². The number of rotatable bonds is 4. The maximum Gasteiger partial charge on any atom is 0.260 e. The van der Waals surface area contributed by atoms with Crippen LogP contribution in [-0.2, 0) is 0 Å². The first kappa shape index (κ1) is 16.9. The van der Waals surface area contributed by atoms with Crippen molar-refractivity contribution in [3.05, 3.63) is 58.9 Å². The zero-order chi connectivity index (χ0) is 17.9. The molecule has 1 aliphatic heterocycles. The molecule has 1 saturated heterocycles. The lowest BCUT2D eigenvalue weighted by atomic mass is 9.91. The number of nitrogens with zero attached hydrogens (tertiary/aromatic N) is 3. The molecule has 0 bridgehead atoms. The van der Waals surface area contributed by atoms with E-state index in [1.165, 1.54) is 16.9 Å². The highest BCUT2D eigenvalue weighted by Crippen LogP contribution is 2.31. The van der Waals surface area contributed by atoms with Crippen LogP contribution >= 0.6 is 11.3 Å². The number of piperidine rings is 1. The topological polar surface area (TPSA) is 71.8 Å². The molecule has 2 aromatic heterocycles. The number of hydrogen-bond acceptors (Lipinski definition) is 5. The molecule has 0 radical (unpaired) electrons. The van der Waals surface area contributed by atoms with Gasteiger partial charge in [-0.2, -0.15) is 5.10 Å². The number of hydrogen-bond donors (Lipinski definition) is 2. The first-order valence-electron chi connectivity index (χ1n) is 8.79. The average molecular weight is 367 g/mol. The van der Waals surface area contributed by atoms with E-state index in [9.17, 15) is 4.79 Å². The Kier molecular flexibility index (Phi) is 4.81. The third-order valence-corrected chi connectivity index (χ3v) is 5.36. The van der Waals surface area contributed by atoms with Crippen LogP contribution in [0.5, 0.6) is 0 Å². The Bertz CT molecular complexity index is 897. The van der Waals surface area contributed by atoms with Gasteiger partial charge in [0.25, 0.3) is 5.91 Å². The van der Waals surface area contributed by atoms with E-state index in [1.807, 2.05) is 22.2 Å². The molecule has 134 valence electrons. The van der Waals surface area contributed by atoms with Crippen molar-refractivity contribution < 1.29 is 4.79 Å². The predicted octanol–water partition coefficient (Wildman–Crippen LogP) is 3.36. The van der Waals surface area contributed by atoms with Gasteiger partial charge in [0.15, 0.2) is 5.13 Å². The van der Waals surface area contributed by atoms with Gasteiger partial charge in [-0.1, -0.05) is 12.1 Å². The van der Waals surface area contributed by atoms with E-state index in [4.69, 9.17) is 0 Å². The zero-order valence-electron chi connectivity index (χ0n) is 14.6. The monoisotopic (exact) mass is 367 g/mol. The number of nitrogens with one attached hydrogen (secondary N) is 2. The molecule has 1 fully saturated rings. The Morgan fingerprint density at radius 2 is 2.19 bits per heavy atom. The highest BCUT2D eigenvalue weighted by Gasteiger charge is 2.27. The molecule has 1 aromatic carbocycles. The summed E-state index contributed by atoms with van der Waals surface area (Å²) >= 11 is 1.41. The van der Waals surface area contributed by atoms with Gasteiger partial charge in [0, 0.05) is 17.5 Å². The van der Waals surface area contributed by atoms with Gasteiger partial charge < -0.3 is 5.32 Å². The van der Waals surface area contributed by atoms with Gasteiger partial charge in [0.05, 0.1) is 23.1 Å². The lowest BCUT2D eigenvalue weighted by Crippen LogP contribution is -2.29. The highest BCUT2D eigenvalue weighted by atomic mass is 32.1. The lowest BCUT2D eigenvalue weighted by Gasteiger charge is -2.24. The summed E-state index contributed by atoms with van der Waals surface area (Å²) in [4.78, 5) is 17.0. The predicted molar refractivity (Wildman–Crippen MR) is 103 cm³/mol. The van der Waals surface area contributed by atoms with Crippen LogP contribution < -0.4 is 10.6 Å². The summed E-state index contributed by atoms with van der Waals surface area (Å²) in [6.45, 7) is 3.97. The quantitative estimate of drug-likeness (QED) is 0.742. The Balaban J connectivity index is 1.74. The summed E-state index contributed by atoms with van der Waals surface area (Å²) in [7, 11) is 0. The van der Waals surface area contributed by atoms with Gasteiger partial charge >= 0.3 is 0 Å². The number of amides is 1. The van der Waals surface area contributed by atoms with E-state index in [0.29, 0.717) is 16.6 Å². The molecule has 0 unspecified atom stereocenters. The number of carbonyl (C=O) groups is 1. The summed E-state index contributed by atoms with van der Waals surface area (Å²) in [6, 6.07) is 8.22. The molecule has 1 aliphatic rings. The standard InChI is InChI=1S/C19H21N5OS/c1-13-3-2-4-15(11-13)24-17(14-5-7-20-8-6-14)16(12-22-24)18(25)23-19-21-9-10-26-19/h2-4,9-12,14,20H,5-8H2,1H3,(H,21,23,25). The van der Waals surface area contributed by atoms with Crippen LogP contribution in [0.1, 0.15) is 40.4 Å². The summed E-state index contributed by atoms with van der Waals surface area (Å²) in [5, 5.41) is 13.3. The molecule has 0 atom stereocenters. The summed E-state index contributed by atoms with van der Waals surface area (Å²) in [6.07, 6.45) is 5.36. The summed E-state index contributed by atoms with van der Waals surface area (Å²) in [5.74, 6) is 0.156. The second-order valence-corrected chi connectivity index (χ2v) is 7.40. The highest BCUT2D eigenvalue weighted by molar-refractivity contribution is 7.13. The summed E-state index contributed by atoms with van der Waals surface area (Å²) in [5.41, 5.74) is 3.79. The van der Waals surface area contributed by atoms with E-state index in [1.54, 1.807) is 12.4 Å². The minimum absolute atomic E-state index is 0.146. The van der Waals surface area contributed by atoms with Gasteiger partial charge in [0.1, 0.15) is 0 Å². The number of benzene rings is 1. The minimum Gasteiger partial charge on any atom is -0.317 e. The van der Waals surface area contributed by atoms with Crippen LogP contribution in [0.15, 0.2) is 42.0 Å². The van der Waals surface area contributed by atoms with Gasteiger partial charge in [-0.05, 0) is 50.6 Å². The fraction of sp³-hybridized carbons (Fsp3) is 0.316. The van der Waals surface area contributed by atoms with Crippen LogP contribution in [0, 0.1) is 6.92 Å². The van der Waals surface area contributed by atoms with Crippen molar-refractivity contribution in [2.24, 2.45) is 0 Å². The van der Waals surface area contributed by atoms with Crippen molar-refractivity contribution in [3.63, 3.8) is 0 Å². The minimum atomic E-state index is -0.146. The van der Waals surface area contributed by atoms with Crippen LogP contribution in [-0.4, -0.2) is 33.8 Å². The van der Waals surface area contributed by atoms with Gasteiger partial charge in [0.2, 0.25) is 0 Å². The number of carbonyl (C=O) groups excluding carboxylic acids is 1. The van der Waals surface area contributed by atoms with E-state index in [2.05, 4.69) is 39.8 Å². The normalized spacial score (nSPS) is 15.1. The molecule has 4 rings (SSSR count).